The van der Waals surface area contributed by atoms with Gasteiger partial charge < -0.3 is 4.74 Å². The lowest BCUT2D eigenvalue weighted by Crippen LogP contribution is -2.53. The summed E-state index contributed by atoms with van der Waals surface area (Å²) in [4.78, 5) is 23.7. The lowest BCUT2D eigenvalue weighted by Gasteiger charge is -2.37. The van der Waals surface area contributed by atoms with Gasteiger partial charge in [0.15, 0.2) is 0 Å². The Morgan fingerprint density at radius 3 is 2.52 bits per heavy atom. The maximum Gasteiger partial charge on any atom is 0.318 e. The first-order chi connectivity index (χ1) is 12.5. The summed E-state index contributed by atoms with van der Waals surface area (Å²) in [7, 11) is -5.36. The molecule has 9 heteroatoms. The molecule has 0 spiro atoms. The van der Waals surface area contributed by atoms with Gasteiger partial charge in [0.1, 0.15) is 0 Å². The van der Waals surface area contributed by atoms with Crippen molar-refractivity contribution in [2.24, 2.45) is 0 Å². The molecule has 7 nitrogen and oxygen atoms in total. The highest BCUT2D eigenvalue weighted by molar-refractivity contribution is 7.86. The van der Waals surface area contributed by atoms with Crippen molar-refractivity contribution in [3.05, 3.63) is 29.8 Å². The number of nitrogens with zero attached hydrogens (tertiary/aromatic N) is 1. The minimum atomic E-state index is -4.09. The maximum absolute atomic E-state index is 12.4. The second kappa shape index (κ2) is 8.53. The zero-order valence-corrected chi connectivity index (χ0v) is 18.0. The molecule has 150 valence electrons. The van der Waals surface area contributed by atoms with Gasteiger partial charge >= 0.3 is 16.1 Å². The van der Waals surface area contributed by atoms with Crippen LogP contribution >= 0.6 is 0 Å². The minimum Gasteiger partial charge on any atom is -0.466 e. The van der Waals surface area contributed by atoms with Crippen LogP contribution in [0.4, 0.5) is 0 Å². The fourth-order valence-corrected chi connectivity index (χ4v) is 4.52. The average molecular weight is 414 g/mol. The first kappa shape index (κ1) is 21.6. The number of hydroxylamine groups is 2. The first-order valence-corrected chi connectivity index (χ1v) is 14.1. The van der Waals surface area contributed by atoms with Crippen LogP contribution in [-0.4, -0.2) is 46.1 Å². The molecule has 0 bridgehead atoms. The summed E-state index contributed by atoms with van der Waals surface area (Å²) in [6.45, 7) is 8.66. The molecule has 1 aromatic rings. The van der Waals surface area contributed by atoms with Crippen LogP contribution < -0.4 is 0 Å². The van der Waals surface area contributed by atoms with Crippen LogP contribution in [-0.2, 0) is 28.7 Å². The summed E-state index contributed by atoms with van der Waals surface area (Å²) in [6, 6.07) is 6.85. The molecule has 1 fully saturated rings. The Labute approximate surface area is 161 Å². The molecule has 1 saturated heterocycles. The third-order valence-electron chi connectivity index (χ3n) is 4.33. The van der Waals surface area contributed by atoms with Gasteiger partial charge in [-0.15, -0.1) is 4.28 Å². The molecule has 2 rings (SSSR count). The van der Waals surface area contributed by atoms with Gasteiger partial charge in [-0.1, -0.05) is 37.8 Å². The van der Waals surface area contributed by atoms with E-state index in [0.717, 1.165) is 11.1 Å². The van der Waals surface area contributed by atoms with Crippen molar-refractivity contribution < 1.29 is 27.0 Å². The summed E-state index contributed by atoms with van der Waals surface area (Å²) in [5.74, 6) is -0.751. The highest BCUT2D eigenvalue weighted by Crippen LogP contribution is 2.28. The monoisotopic (exact) mass is 413 g/mol. The molecule has 1 heterocycles. The van der Waals surface area contributed by atoms with Crippen LogP contribution in [0.5, 0.6) is 0 Å². The molecule has 0 aromatic heterocycles. The van der Waals surface area contributed by atoms with E-state index in [1.165, 1.54) is 6.07 Å². The molecular weight excluding hydrogens is 386 g/mol. The third kappa shape index (κ3) is 6.15. The van der Waals surface area contributed by atoms with Crippen molar-refractivity contribution in [3.63, 3.8) is 0 Å². The number of amides is 1. The zero-order valence-electron chi connectivity index (χ0n) is 16.2. The van der Waals surface area contributed by atoms with Gasteiger partial charge in [0.2, 0.25) is 5.91 Å². The van der Waals surface area contributed by atoms with E-state index in [1.54, 1.807) is 25.1 Å². The molecule has 1 atom stereocenters. The average Bonchev–Trinajstić information content (AvgIpc) is 2.55. The van der Waals surface area contributed by atoms with Gasteiger partial charge in [-0.2, -0.15) is 13.5 Å². The number of carbonyl (C=O) groups excluding carboxylic acids is 2. The van der Waals surface area contributed by atoms with Crippen LogP contribution in [0.15, 0.2) is 29.2 Å². The van der Waals surface area contributed by atoms with E-state index in [2.05, 4.69) is 19.6 Å². The normalized spacial score (nSPS) is 17.6. The predicted octanol–water partition coefficient (Wildman–Crippen LogP) is 2.88. The van der Waals surface area contributed by atoms with E-state index in [1.807, 2.05) is 0 Å². The van der Waals surface area contributed by atoms with E-state index < -0.39 is 30.1 Å². The van der Waals surface area contributed by atoms with Gasteiger partial charge in [-0.3, -0.25) is 9.59 Å². The summed E-state index contributed by atoms with van der Waals surface area (Å²) in [5.41, 5.74) is 0.535. The Kier molecular flexibility index (Phi) is 6.82. The van der Waals surface area contributed by atoms with Crippen LogP contribution in [0.3, 0.4) is 0 Å². The minimum absolute atomic E-state index is 0.0224. The molecule has 1 aromatic carbocycles. The van der Waals surface area contributed by atoms with Crippen LogP contribution in [0.25, 0.3) is 0 Å². The predicted molar refractivity (Wildman–Crippen MR) is 103 cm³/mol. The van der Waals surface area contributed by atoms with Gasteiger partial charge in [-0.25, -0.2) is 0 Å². The number of rotatable bonds is 9. The maximum atomic E-state index is 12.4. The highest BCUT2D eigenvalue weighted by Gasteiger charge is 2.41. The summed E-state index contributed by atoms with van der Waals surface area (Å²) in [6.07, 6.45) is 0.584. The van der Waals surface area contributed by atoms with Crippen molar-refractivity contribution in [3.8, 4) is 0 Å². The summed E-state index contributed by atoms with van der Waals surface area (Å²) < 4.78 is 35.1. The van der Waals surface area contributed by atoms with Crippen molar-refractivity contribution in [1.29, 1.82) is 0 Å². The Morgan fingerprint density at radius 1 is 1.26 bits per heavy atom. The van der Waals surface area contributed by atoms with Crippen LogP contribution in [0.1, 0.15) is 24.8 Å². The number of carbonyl (C=O) groups is 2. The SMILES string of the molecule is Cc1ccccc1S(=O)(=O)ON1C(=O)CC1CCC(=O)OCC[Si](C)(C)C. The Balaban J connectivity index is 1.87. The van der Waals surface area contributed by atoms with Crippen LogP contribution in [0.2, 0.25) is 25.7 Å². The quantitative estimate of drug-likeness (QED) is 0.351. The number of esters is 1. The van der Waals surface area contributed by atoms with Crippen molar-refractivity contribution in [2.75, 3.05) is 6.61 Å². The molecule has 1 unspecified atom stereocenters. The fraction of sp³-hybridized carbons (Fsp3) is 0.556. The number of benzene rings is 1. The summed E-state index contributed by atoms with van der Waals surface area (Å²) in [5, 5.41) is 0.858. The van der Waals surface area contributed by atoms with E-state index in [9.17, 15) is 18.0 Å². The van der Waals surface area contributed by atoms with E-state index in [4.69, 9.17) is 9.02 Å². The smallest absolute Gasteiger partial charge is 0.318 e. The fourth-order valence-electron chi connectivity index (χ4n) is 2.60. The molecule has 1 aliphatic rings. The molecule has 0 radical (unpaired) electrons. The second-order valence-electron chi connectivity index (χ2n) is 7.94. The molecule has 0 saturated carbocycles. The Bertz CT molecular complexity index is 802. The molecule has 1 amide bonds. The van der Waals surface area contributed by atoms with Crippen LogP contribution in [0, 0.1) is 6.92 Å². The lowest BCUT2D eigenvalue weighted by atomic mass is 10.0. The molecule has 27 heavy (non-hydrogen) atoms. The van der Waals surface area contributed by atoms with E-state index >= 15 is 0 Å². The number of hydrogen-bond donors (Lipinski definition) is 0. The van der Waals surface area contributed by atoms with E-state index in [-0.39, 0.29) is 23.7 Å². The Morgan fingerprint density at radius 2 is 1.93 bits per heavy atom. The molecule has 1 aliphatic heterocycles. The van der Waals surface area contributed by atoms with Crippen molar-refractivity contribution >= 4 is 30.1 Å². The first-order valence-electron chi connectivity index (χ1n) is 8.97. The zero-order chi connectivity index (χ0) is 20.2. The number of aryl methyl sites for hydroxylation is 1. The summed E-state index contributed by atoms with van der Waals surface area (Å²) >= 11 is 0. The third-order valence-corrected chi connectivity index (χ3v) is 7.38. The number of β-lactam (4-membered cyclic amide) rings is 1. The standard InChI is InChI=1S/C18H27NO6SSi/c1-14-7-5-6-8-16(14)26(22,23)25-19-15(13-17(19)20)9-10-18(21)24-11-12-27(2,3)4/h5-8,15H,9-13H2,1-4H3. The second-order valence-corrected chi connectivity index (χ2v) is 15.1. The van der Waals surface area contributed by atoms with Gasteiger partial charge in [0.25, 0.3) is 0 Å². The topological polar surface area (TPSA) is 90.0 Å². The Hall–Kier alpha value is -1.71. The largest absolute Gasteiger partial charge is 0.466 e. The van der Waals surface area contributed by atoms with Gasteiger partial charge in [0, 0.05) is 14.5 Å². The number of hydrogen-bond acceptors (Lipinski definition) is 6. The molecule has 0 aliphatic carbocycles. The van der Waals surface area contributed by atoms with Crippen molar-refractivity contribution in [1.82, 2.24) is 5.06 Å². The number of ether oxygens (including phenoxy) is 1. The molecular formula is C18H27NO6SSi. The van der Waals surface area contributed by atoms with Gasteiger partial charge in [0.05, 0.1) is 24.0 Å². The van der Waals surface area contributed by atoms with E-state index in [0.29, 0.717) is 18.6 Å². The highest BCUT2D eigenvalue weighted by atomic mass is 32.2. The van der Waals surface area contributed by atoms with Gasteiger partial charge in [-0.05, 0) is 31.0 Å². The molecule has 0 N–H and O–H groups in total. The lowest BCUT2D eigenvalue weighted by molar-refractivity contribution is -0.190. The van der Waals surface area contributed by atoms with Crippen molar-refractivity contribution in [2.45, 2.75) is 62.8 Å².